The zero-order valence-electron chi connectivity index (χ0n) is 10.8. The van der Waals surface area contributed by atoms with Crippen molar-refractivity contribution in [3.8, 4) is 0 Å². The lowest BCUT2D eigenvalue weighted by atomic mass is 10.1. The van der Waals surface area contributed by atoms with E-state index in [1.165, 1.54) is 11.1 Å². The molecule has 0 heterocycles. The summed E-state index contributed by atoms with van der Waals surface area (Å²) < 4.78 is 5.40. The average molecular weight is 221 g/mol. The first-order valence-corrected chi connectivity index (χ1v) is 5.92. The standard InChI is InChI=1S/C14H23NO/c1-5-16-11-13-8-6-7-12(9-13)10-15-14(2,3)4/h6-9,15H,5,10-11H2,1-4H3. The predicted molar refractivity (Wildman–Crippen MR) is 68.4 cm³/mol. The maximum absolute atomic E-state index is 5.40. The van der Waals surface area contributed by atoms with Crippen molar-refractivity contribution in [1.29, 1.82) is 0 Å². The molecular formula is C14H23NO. The van der Waals surface area contributed by atoms with Crippen LogP contribution in [-0.2, 0) is 17.9 Å². The van der Waals surface area contributed by atoms with Crippen LogP contribution in [0, 0.1) is 0 Å². The molecule has 0 saturated heterocycles. The first kappa shape index (κ1) is 13.2. The molecule has 1 aromatic rings. The van der Waals surface area contributed by atoms with Crippen LogP contribution in [-0.4, -0.2) is 12.1 Å². The number of benzene rings is 1. The zero-order chi connectivity index (χ0) is 12.0. The van der Waals surface area contributed by atoms with Crippen molar-refractivity contribution in [2.45, 2.75) is 46.4 Å². The van der Waals surface area contributed by atoms with Gasteiger partial charge in [0, 0.05) is 18.7 Å². The summed E-state index contributed by atoms with van der Waals surface area (Å²) in [5.41, 5.74) is 2.72. The topological polar surface area (TPSA) is 21.3 Å². The molecule has 0 aliphatic rings. The first-order chi connectivity index (χ1) is 7.51. The van der Waals surface area contributed by atoms with Crippen molar-refractivity contribution in [3.05, 3.63) is 35.4 Å². The molecule has 0 bridgehead atoms. The Labute approximate surface area is 99.0 Å². The molecule has 0 saturated carbocycles. The normalized spacial score (nSPS) is 11.8. The molecule has 1 rings (SSSR count). The van der Waals surface area contributed by atoms with Crippen molar-refractivity contribution in [2.24, 2.45) is 0 Å². The molecule has 1 N–H and O–H groups in total. The highest BCUT2D eigenvalue weighted by molar-refractivity contribution is 5.23. The molecular weight excluding hydrogens is 198 g/mol. The van der Waals surface area contributed by atoms with E-state index in [-0.39, 0.29) is 5.54 Å². The molecule has 0 aromatic heterocycles. The summed E-state index contributed by atoms with van der Waals surface area (Å²) in [4.78, 5) is 0. The van der Waals surface area contributed by atoms with Crippen LogP contribution in [0.25, 0.3) is 0 Å². The maximum atomic E-state index is 5.40. The van der Waals surface area contributed by atoms with Crippen LogP contribution in [0.4, 0.5) is 0 Å². The Morgan fingerprint density at radius 1 is 1.19 bits per heavy atom. The summed E-state index contributed by atoms with van der Waals surface area (Å²) in [6.07, 6.45) is 0. The third-order valence-electron chi connectivity index (χ3n) is 2.29. The largest absolute Gasteiger partial charge is 0.377 e. The van der Waals surface area contributed by atoms with E-state index < -0.39 is 0 Å². The minimum absolute atomic E-state index is 0.163. The van der Waals surface area contributed by atoms with Gasteiger partial charge in [-0.1, -0.05) is 24.3 Å². The number of ether oxygens (including phenoxy) is 1. The summed E-state index contributed by atoms with van der Waals surface area (Å²) in [5, 5.41) is 3.48. The zero-order valence-corrected chi connectivity index (χ0v) is 10.8. The van der Waals surface area contributed by atoms with E-state index in [9.17, 15) is 0 Å². The van der Waals surface area contributed by atoms with Gasteiger partial charge in [-0.2, -0.15) is 0 Å². The predicted octanol–water partition coefficient (Wildman–Crippen LogP) is 3.11. The second-order valence-electron chi connectivity index (χ2n) is 5.06. The molecule has 0 amide bonds. The fourth-order valence-corrected chi connectivity index (χ4v) is 1.42. The Balaban J connectivity index is 2.53. The van der Waals surface area contributed by atoms with Crippen molar-refractivity contribution in [1.82, 2.24) is 5.32 Å². The summed E-state index contributed by atoms with van der Waals surface area (Å²) in [6.45, 7) is 10.9. The van der Waals surface area contributed by atoms with E-state index >= 15 is 0 Å². The summed E-state index contributed by atoms with van der Waals surface area (Å²) >= 11 is 0. The van der Waals surface area contributed by atoms with Gasteiger partial charge in [-0.15, -0.1) is 0 Å². The lowest BCUT2D eigenvalue weighted by Crippen LogP contribution is -2.35. The molecule has 1 aromatic carbocycles. The molecule has 90 valence electrons. The molecule has 2 heteroatoms. The second-order valence-corrected chi connectivity index (χ2v) is 5.06. The maximum Gasteiger partial charge on any atom is 0.0716 e. The van der Waals surface area contributed by atoms with Crippen molar-refractivity contribution in [3.63, 3.8) is 0 Å². The Morgan fingerprint density at radius 2 is 1.88 bits per heavy atom. The number of hydrogen-bond donors (Lipinski definition) is 1. The Morgan fingerprint density at radius 3 is 2.50 bits per heavy atom. The van der Waals surface area contributed by atoms with Crippen molar-refractivity contribution in [2.75, 3.05) is 6.61 Å². The van der Waals surface area contributed by atoms with Gasteiger partial charge < -0.3 is 10.1 Å². The lowest BCUT2D eigenvalue weighted by Gasteiger charge is -2.20. The van der Waals surface area contributed by atoms with Gasteiger partial charge in [0.05, 0.1) is 6.61 Å². The SMILES string of the molecule is CCOCc1cccc(CNC(C)(C)C)c1. The van der Waals surface area contributed by atoms with E-state index in [0.717, 1.165) is 13.2 Å². The van der Waals surface area contributed by atoms with Crippen molar-refractivity contribution >= 4 is 0 Å². The highest BCUT2D eigenvalue weighted by atomic mass is 16.5. The first-order valence-electron chi connectivity index (χ1n) is 5.92. The van der Waals surface area contributed by atoms with Gasteiger partial charge in [0.25, 0.3) is 0 Å². The monoisotopic (exact) mass is 221 g/mol. The number of rotatable bonds is 5. The third kappa shape index (κ3) is 5.29. The highest BCUT2D eigenvalue weighted by Crippen LogP contribution is 2.08. The molecule has 0 aliphatic heterocycles. The quantitative estimate of drug-likeness (QED) is 0.825. The highest BCUT2D eigenvalue weighted by Gasteiger charge is 2.08. The van der Waals surface area contributed by atoms with Gasteiger partial charge in [-0.05, 0) is 38.8 Å². The van der Waals surface area contributed by atoms with Gasteiger partial charge in [0.15, 0.2) is 0 Å². The van der Waals surface area contributed by atoms with Crippen LogP contribution in [0.2, 0.25) is 0 Å². The van der Waals surface area contributed by atoms with E-state index in [1.54, 1.807) is 0 Å². The van der Waals surface area contributed by atoms with Crippen molar-refractivity contribution < 1.29 is 4.74 Å². The summed E-state index contributed by atoms with van der Waals surface area (Å²) in [5.74, 6) is 0. The van der Waals surface area contributed by atoms with Gasteiger partial charge in [0.1, 0.15) is 0 Å². The molecule has 0 fully saturated rings. The fourth-order valence-electron chi connectivity index (χ4n) is 1.42. The van der Waals surface area contributed by atoms with Crippen LogP contribution in [0.5, 0.6) is 0 Å². The Hall–Kier alpha value is -0.860. The van der Waals surface area contributed by atoms with E-state index in [1.807, 2.05) is 6.92 Å². The number of nitrogens with one attached hydrogen (secondary N) is 1. The Bertz CT molecular complexity index is 315. The molecule has 0 atom stereocenters. The average Bonchev–Trinajstić information content (AvgIpc) is 2.23. The summed E-state index contributed by atoms with van der Waals surface area (Å²) in [7, 11) is 0. The molecule has 16 heavy (non-hydrogen) atoms. The van der Waals surface area contributed by atoms with E-state index in [0.29, 0.717) is 6.61 Å². The van der Waals surface area contributed by atoms with Crippen LogP contribution in [0.15, 0.2) is 24.3 Å². The molecule has 0 aliphatic carbocycles. The second kappa shape index (κ2) is 6.02. The molecule has 0 unspecified atom stereocenters. The van der Waals surface area contributed by atoms with Crippen LogP contribution >= 0.6 is 0 Å². The fraction of sp³-hybridized carbons (Fsp3) is 0.571. The minimum atomic E-state index is 0.163. The molecule has 0 radical (unpaired) electrons. The van der Waals surface area contributed by atoms with Gasteiger partial charge >= 0.3 is 0 Å². The Kier molecular flexibility index (Phi) is 4.97. The smallest absolute Gasteiger partial charge is 0.0716 e. The number of hydrogen-bond acceptors (Lipinski definition) is 2. The summed E-state index contributed by atoms with van der Waals surface area (Å²) in [6, 6.07) is 8.55. The molecule has 0 spiro atoms. The van der Waals surface area contributed by atoms with Crippen LogP contribution in [0.3, 0.4) is 0 Å². The van der Waals surface area contributed by atoms with Gasteiger partial charge in [0.2, 0.25) is 0 Å². The molecule has 2 nitrogen and oxygen atoms in total. The van der Waals surface area contributed by atoms with Gasteiger partial charge in [-0.25, -0.2) is 0 Å². The minimum Gasteiger partial charge on any atom is -0.377 e. The third-order valence-corrected chi connectivity index (χ3v) is 2.29. The van der Waals surface area contributed by atoms with E-state index in [4.69, 9.17) is 4.74 Å². The van der Waals surface area contributed by atoms with Gasteiger partial charge in [-0.3, -0.25) is 0 Å². The van der Waals surface area contributed by atoms with Crippen LogP contribution in [0.1, 0.15) is 38.8 Å². The lowest BCUT2D eigenvalue weighted by molar-refractivity contribution is 0.134. The van der Waals surface area contributed by atoms with Crippen LogP contribution < -0.4 is 5.32 Å². The van der Waals surface area contributed by atoms with E-state index in [2.05, 4.69) is 50.4 Å².